The van der Waals surface area contributed by atoms with Crippen LogP contribution in [0.5, 0.6) is 0 Å². The Balaban J connectivity index is 0.000000320. The number of hydrogen-bond donors (Lipinski definition) is 0. The fraction of sp³-hybridized carbons (Fsp3) is 0.538. The zero-order valence-corrected chi connectivity index (χ0v) is 26.7. The monoisotopic (exact) mass is 828 g/mol. The van der Waals surface area contributed by atoms with Gasteiger partial charge in [0.2, 0.25) is 0 Å². The molecule has 2 aliphatic carbocycles. The maximum Gasteiger partial charge on any atom is 1.00 e. The van der Waals surface area contributed by atoms with Gasteiger partial charge in [-0.2, -0.15) is 26.3 Å². The number of nitrogens with zero attached hydrogens (tertiary/aromatic N) is 1. The molecular weight excluding hydrogens is 796 g/mol. The van der Waals surface area contributed by atoms with E-state index in [0.29, 0.717) is 0 Å². The van der Waals surface area contributed by atoms with E-state index in [1.54, 1.807) is 5.30 Å². The second-order valence-electron chi connectivity index (χ2n) is 9.95. The molecule has 5 nitrogen and oxygen atoms in total. The maximum absolute atomic E-state index is 11.4. The van der Waals surface area contributed by atoms with Crippen molar-refractivity contribution in [2.75, 3.05) is 0 Å². The van der Waals surface area contributed by atoms with Gasteiger partial charge in [-0.25, -0.2) is 16.8 Å². The molecule has 4 rings (SSSR count). The summed E-state index contributed by atoms with van der Waals surface area (Å²) >= 11 is 0. The first-order valence-corrected chi connectivity index (χ1v) is 17.6. The van der Waals surface area contributed by atoms with E-state index in [9.17, 15) is 43.2 Å². The van der Waals surface area contributed by atoms with E-state index >= 15 is 0 Å². The Labute approximate surface area is 254 Å². The summed E-state index contributed by atoms with van der Waals surface area (Å²) in [4.78, 5) is 0. The van der Waals surface area contributed by atoms with Crippen LogP contribution in [0, 0.1) is 0 Å². The molecule has 0 aliphatic heterocycles. The zero-order chi connectivity index (χ0) is 29.6. The molecule has 0 unspecified atom stereocenters. The van der Waals surface area contributed by atoms with E-state index in [1.807, 2.05) is 0 Å². The van der Waals surface area contributed by atoms with E-state index in [1.165, 1.54) is 75.3 Å². The molecular formula is C26H32AuF6NO4PS2+. The van der Waals surface area contributed by atoms with Crippen molar-refractivity contribution in [2.24, 2.45) is 0 Å². The van der Waals surface area contributed by atoms with E-state index in [2.05, 4.69) is 54.6 Å². The third-order valence-corrected chi connectivity index (χ3v) is 13.9. The quantitative estimate of drug-likeness (QED) is 0.169. The first-order chi connectivity index (χ1) is 18.6. The van der Waals surface area contributed by atoms with Crippen LogP contribution in [-0.2, 0) is 42.4 Å². The first-order valence-electron chi connectivity index (χ1n) is 13.0. The predicted octanol–water partition coefficient (Wildman–Crippen LogP) is 7.92. The van der Waals surface area contributed by atoms with Crippen LogP contribution in [-0.4, -0.2) is 39.2 Å². The number of hydrogen-bond acceptors (Lipinski definition) is 4. The van der Waals surface area contributed by atoms with Crippen LogP contribution in [0.2, 0.25) is 0 Å². The Bertz CT molecular complexity index is 1250. The van der Waals surface area contributed by atoms with E-state index in [-0.39, 0.29) is 22.4 Å². The molecule has 234 valence electrons. The van der Waals surface area contributed by atoms with Gasteiger partial charge in [0.05, 0.1) is 16.6 Å². The predicted molar refractivity (Wildman–Crippen MR) is 147 cm³/mol. The SMILES string of the molecule is O=S(=O)([N-]S(=O)(=O)C(F)(F)F)C(F)(F)F.[Au+].c1ccc(-c2ccccc2[PH+](C2CCCCC2)C2CCCCC2)cc1. The summed E-state index contributed by atoms with van der Waals surface area (Å²) in [7, 11) is -13.9. The van der Waals surface area contributed by atoms with Crippen LogP contribution < -0.4 is 5.30 Å². The molecule has 0 radical (unpaired) electrons. The second-order valence-corrected chi connectivity index (χ2v) is 16.5. The molecule has 15 heteroatoms. The number of halogens is 6. The molecule has 0 saturated heterocycles. The molecule has 2 aromatic carbocycles. The van der Waals surface area contributed by atoms with Gasteiger partial charge < -0.3 is 4.13 Å². The largest absolute Gasteiger partial charge is 1.00 e. The van der Waals surface area contributed by atoms with Crippen LogP contribution in [0.3, 0.4) is 0 Å². The van der Waals surface area contributed by atoms with E-state index in [4.69, 9.17) is 0 Å². The summed E-state index contributed by atoms with van der Waals surface area (Å²) in [6, 6.07) is 20.6. The number of sulfonamides is 2. The number of benzene rings is 2. The molecule has 2 aliphatic rings. The Morgan fingerprint density at radius 3 is 1.41 bits per heavy atom. The molecule has 2 aromatic rings. The van der Waals surface area contributed by atoms with Crippen molar-refractivity contribution in [3.8, 4) is 11.1 Å². The van der Waals surface area contributed by atoms with E-state index < -0.39 is 39.0 Å². The minimum atomic E-state index is -6.72. The van der Waals surface area contributed by atoms with Crippen molar-refractivity contribution in [2.45, 2.75) is 86.5 Å². The van der Waals surface area contributed by atoms with Crippen LogP contribution in [0.25, 0.3) is 15.3 Å². The summed E-state index contributed by atoms with van der Waals surface area (Å²) < 4.78 is 109. The van der Waals surface area contributed by atoms with Gasteiger partial charge in [0.15, 0.2) is 20.0 Å². The van der Waals surface area contributed by atoms with Crippen LogP contribution >= 0.6 is 7.92 Å². The average Bonchev–Trinajstić information content (AvgIpc) is 2.89. The standard InChI is InChI=1S/C24H31P.C2F6NO4S2.Au/c1-4-12-20(13-5-1)23-18-10-11-19-24(23)25(21-14-6-2-7-15-21)22-16-8-3-9-17-22;3-1(4,5)14(10,11)9-15(12,13)2(6,7)8;/h1,4-5,10-13,18-19,21-22H,2-3,6-9,14-17H2;;/q;-1;+1/p+1. The van der Waals surface area contributed by atoms with Gasteiger partial charge in [-0.05, 0) is 63.0 Å². The molecule has 0 aromatic heterocycles. The van der Waals surface area contributed by atoms with Gasteiger partial charge in [-0.3, -0.25) is 0 Å². The summed E-state index contributed by atoms with van der Waals surface area (Å²) in [6.45, 7) is 0. The Morgan fingerprint density at radius 1 is 0.610 bits per heavy atom. The number of alkyl halides is 6. The Hall–Kier alpha value is -0.950. The summed E-state index contributed by atoms with van der Waals surface area (Å²) in [5.74, 6) is 0. The van der Waals surface area contributed by atoms with Gasteiger partial charge in [0, 0.05) is 13.5 Å². The minimum absolute atomic E-state index is 0. The summed E-state index contributed by atoms with van der Waals surface area (Å²) in [6.07, 6.45) is 14.8. The molecule has 2 fully saturated rings. The van der Waals surface area contributed by atoms with Gasteiger partial charge >= 0.3 is 33.4 Å². The van der Waals surface area contributed by atoms with Crippen molar-refractivity contribution in [3.05, 3.63) is 58.7 Å². The third-order valence-electron chi connectivity index (χ3n) is 7.19. The fourth-order valence-corrected chi connectivity index (χ4v) is 11.6. The molecule has 2 saturated carbocycles. The first kappa shape index (κ1) is 36.2. The van der Waals surface area contributed by atoms with E-state index in [0.717, 1.165) is 15.4 Å². The van der Waals surface area contributed by atoms with Crippen molar-refractivity contribution >= 4 is 33.3 Å². The summed E-state index contributed by atoms with van der Waals surface area (Å²) in [5.41, 5.74) is -7.44. The van der Waals surface area contributed by atoms with Gasteiger partial charge in [0.25, 0.3) is 0 Å². The van der Waals surface area contributed by atoms with Crippen LogP contribution in [0.15, 0.2) is 54.6 Å². The van der Waals surface area contributed by atoms with Crippen LogP contribution in [0.4, 0.5) is 26.3 Å². The van der Waals surface area contributed by atoms with Crippen molar-refractivity contribution < 1.29 is 65.6 Å². The maximum atomic E-state index is 11.4. The third kappa shape index (κ3) is 9.78. The van der Waals surface area contributed by atoms with Crippen LogP contribution in [0.1, 0.15) is 64.2 Å². The molecule has 0 atom stereocenters. The smallest absolute Gasteiger partial charge is 0.421 e. The van der Waals surface area contributed by atoms with Gasteiger partial charge in [0.1, 0.15) is 0 Å². The molecule has 0 bridgehead atoms. The molecule has 0 N–H and O–H groups in total. The number of rotatable bonds is 6. The topological polar surface area (TPSA) is 82.4 Å². The molecule has 0 spiro atoms. The molecule has 0 amide bonds. The fourth-order valence-electron chi connectivity index (χ4n) is 5.42. The Kier molecular flexibility index (Phi) is 13.4. The van der Waals surface area contributed by atoms with Crippen molar-refractivity contribution in [1.82, 2.24) is 0 Å². The Morgan fingerprint density at radius 2 is 1.00 bits per heavy atom. The molecule has 41 heavy (non-hydrogen) atoms. The normalized spacial score (nSPS) is 17.8. The second kappa shape index (κ2) is 15.2. The van der Waals surface area contributed by atoms with Gasteiger partial charge in [-0.15, -0.1) is 0 Å². The average molecular weight is 829 g/mol. The van der Waals surface area contributed by atoms with Crippen molar-refractivity contribution in [1.29, 1.82) is 0 Å². The summed E-state index contributed by atoms with van der Waals surface area (Å²) in [5, 5.41) is 1.75. The zero-order valence-electron chi connectivity index (χ0n) is 21.9. The minimum Gasteiger partial charge on any atom is -0.421 e. The van der Waals surface area contributed by atoms with Gasteiger partial charge in [-0.1, -0.05) is 61.4 Å². The van der Waals surface area contributed by atoms with Crippen molar-refractivity contribution in [3.63, 3.8) is 0 Å². The molecule has 0 heterocycles.